The van der Waals surface area contributed by atoms with Gasteiger partial charge >= 0.3 is 42.1 Å². The van der Waals surface area contributed by atoms with E-state index in [0.717, 1.165) is 9.80 Å². The third-order valence-electron chi connectivity index (χ3n) is 12.6. The van der Waals surface area contributed by atoms with Gasteiger partial charge in [-0.1, -0.05) is 50.0 Å². The van der Waals surface area contributed by atoms with Crippen LogP contribution in [0.3, 0.4) is 0 Å². The van der Waals surface area contributed by atoms with Crippen LogP contribution in [-0.4, -0.2) is 159 Å². The maximum Gasteiger partial charge on any atom is 0.471 e. The van der Waals surface area contributed by atoms with Gasteiger partial charge in [0.05, 0.1) is 25.4 Å². The number of allylic oxidation sites excluding steroid dienone is 2. The minimum absolute atomic E-state index is 0.0410. The minimum atomic E-state index is -5.20. The summed E-state index contributed by atoms with van der Waals surface area (Å²) in [4.78, 5) is 99.7. The number of fused-ring (bicyclic) bond motifs is 2. The van der Waals surface area contributed by atoms with E-state index in [0.29, 0.717) is 64.2 Å². The second-order valence-electron chi connectivity index (χ2n) is 17.9. The largest absolute Gasteiger partial charge is 0.480 e. The number of aliphatic hydroxyl groups is 2. The number of hydrogen-bond donors (Lipinski definition) is 7. The number of carbonyl (C=O) groups excluding carboxylic acids is 7. The first-order chi connectivity index (χ1) is 32.3. The molecular formula is C44H62F6N6O13. The number of aliphatic hydroxyl groups excluding tert-OH is 2. The maximum absolute atomic E-state index is 13.2. The van der Waals surface area contributed by atoms with Gasteiger partial charge in [0.25, 0.3) is 0 Å². The van der Waals surface area contributed by atoms with Crippen molar-refractivity contribution in [1.29, 1.82) is 0 Å². The Hall–Kier alpha value is -5.30. The van der Waals surface area contributed by atoms with Crippen molar-refractivity contribution in [3.8, 4) is 0 Å². The lowest BCUT2D eigenvalue weighted by molar-refractivity contribution is -0.175. The van der Waals surface area contributed by atoms with Crippen molar-refractivity contribution < 1.29 is 89.5 Å². The fourth-order valence-corrected chi connectivity index (χ4v) is 8.65. The van der Waals surface area contributed by atoms with Crippen LogP contribution < -0.4 is 21.7 Å². The van der Waals surface area contributed by atoms with Crippen LogP contribution in [0.1, 0.15) is 104 Å². The summed E-state index contributed by atoms with van der Waals surface area (Å²) in [6, 6.07) is -5.64. The third kappa shape index (κ3) is 15.1. The van der Waals surface area contributed by atoms with Crippen LogP contribution in [0.25, 0.3) is 0 Å². The van der Waals surface area contributed by atoms with Crippen molar-refractivity contribution in [2.45, 2.75) is 164 Å². The number of amides is 5. The number of nitrogens with two attached hydrogens (primary N) is 1. The molecule has 2 aliphatic carbocycles. The fraction of sp³-hybridized carbons (Fsp3) is 0.727. The van der Waals surface area contributed by atoms with Gasteiger partial charge in [0.15, 0.2) is 0 Å². The van der Waals surface area contributed by atoms with E-state index in [-0.39, 0.29) is 63.8 Å². The van der Waals surface area contributed by atoms with Crippen LogP contribution in [0.15, 0.2) is 24.3 Å². The van der Waals surface area contributed by atoms with Crippen LogP contribution in [0.5, 0.6) is 0 Å². The molecular weight excluding hydrogens is 935 g/mol. The van der Waals surface area contributed by atoms with Gasteiger partial charge in [0.2, 0.25) is 17.7 Å². The smallest absolute Gasteiger partial charge is 0.471 e. The lowest BCUT2D eigenvalue weighted by Gasteiger charge is -2.30. The molecule has 0 aromatic rings. The molecule has 69 heavy (non-hydrogen) atoms. The third-order valence-corrected chi connectivity index (χ3v) is 12.6. The maximum atomic E-state index is 13.2. The van der Waals surface area contributed by atoms with Gasteiger partial charge in [-0.2, -0.15) is 26.3 Å². The molecule has 2 saturated carbocycles. The standard InChI is InChI=1S/C22H32F3N3O7.C22H30F3N3O6/c1-2-35-20(34)21(26)11-13(21)8-6-4-3-5-7-9-15(27-19(33)22(23,24)25)17(30)28-12-14(29)10-16(28)18(31)32;1-2-34-20(33)21-11-13(21)8-6-4-3-5-7-9-15(26-19(32)22(23,24)25)18(31)28-12-14(29)10-16(28)17(30)27-21/h6,8,13-16,29H,2-5,7,9-12,26H2,1H3,(H,27,33)(H,31,32);6,8,13-16,29H,2-5,7,9-12H2,1H3,(H,26,32)(H,27,30)/b2*8-6-/t2*13-,14-,15+,16+,21-/m11/s1. The Morgan fingerprint density at radius 3 is 2.19 bits per heavy atom. The van der Waals surface area contributed by atoms with E-state index in [1.165, 1.54) is 0 Å². The van der Waals surface area contributed by atoms with E-state index in [1.807, 2.05) is 24.3 Å². The number of hydrogen-bond acceptors (Lipinski definition) is 13. The predicted octanol–water partition coefficient (Wildman–Crippen LogP) is 1.82. The lowest BCUT2D eigenvalue weighted by atomic mass is 10.0. The van der Waals surface area contributed by atoms with Crippen molar-refractivity contribution in [3.63, 3.8) is 0 Å². The van der Waals surface area contributed by atoms with Crippen molar-refractivity contribution >= 4 is 47.4 Å². The lowest BCUT2D eigenvalue weighted by Crippen LogP contribution is -2.57. The van der Waals surface area contributed by atoms with Crippen LogP contribution in [0, 0.1) is 11.8 Å². The van der Waals surface area contributed by atoms with E-state index in [4.69, 9.17) is 15.2 Å². The summed E-state index contributed by atoms with van der Waals surface area (Å²) in [5, 5.41) is 35.2. The van der Waals surface area contributed by atoms with E-state index in [9.17, 15) is 80.0 Å². The molecule has 388 valence electrons. The quantitative estimate of drug-likeness (QED) is 0.0534. The summed E-state index contributed by atoms with van der Waals surface area (Å²) in [7, 11) is 0. The van der Waals surface area contributed by atoms with Crippen LogP contribution in [-0.2, 0) is 47.8 Å². The monoisotopic (exact) mass is 996 g/mol. The Bertz CT molecular complexity index is 1950. The first-order valence-electron chi connectivity index (χ1n) is 23.0. The summed E-state index contributed by atoms with van der Waals surface area (Å²) < 4.78 is 86.9. The number of halogens is 6. The molecule has 4 fully saturated rings. The number of nitrogens with one attached hydrogen (secondary N) is 3. The zero-order chi connectivity index (χ0) is 51.5. The second-order valence-corrected chi connectivity index (χ2v) is 17.9. The summed E-state index contributed by atoms with van der Waals surface area (Å²) in [6.07, 6.45) is -0.488. The van der Waals surface area contributed by atoms with Crippen molar-refractivity contribution in [2.24, 2.45) is 17.6 Å². The highest BCUT2D eigenvalue weighted by Gasteiger charge is 2.62. The molecule has 0 bridgehead atoms. The van der Waals surface area contributed by atoms with Crippen molar-refractivity contribution in [1.82, 2.24) is 25.8 Å². The summed E-state index contributed by atoms with van der Waals surface area (Å²) in [5.74, 6) is -9.91. The molecule has 2 saturated heterocycles. The van der Waals surface area contributed by atoms with Crippen LogP contribution in [0.2, 0.25) is 0 Å². The van der Waals surface area contributed by atoms with E-state index >= 15 is 0 Å². The van der Waals surface area contributed by atoms with Crippen molar-refractivity contribution in [3.05, 3.63) is 24.3 Å². The number of carboxylic acid groups (broad SMARTS) is 1. The Morgan fingerprint density at radius 2 is 1.55 bits per heavy atom. The number of carbonyl (C=O) groups is 8. The van der Waals surface area contributed by atoms with Gasteiger partial charge in [-0.05, 0) is 65.2 Å². The Kier molecular flexibility index (Phi) is 19.6. The van der Waals surface area contributed by atoms with Gasteiger partial charge in [-0.25, -0.2) is 9.59 Å². The molecule has 0 radical (unpaired) electrons. The number of β-amino-alcohol motifs (C(OH)–C–C–N with tert-alkyl or cyclic N) is 1. The van der Waals surface area contributed by atoms with Crippen LogP contribution >= 0.6 is 0 Å². The van der Waals surface area contributed by atoms with E-state index in [1.54, 1.807) is 24.5 Å². The van der Waals surface area contributed by atoms with Crippen molar-refractivity contribution in [2.75, 3.05) is 26.3 Å². The molecule has 0 aromatic carbocycles. The van der Waals surface area contributed by atoms with Crippen LogP contribution in [0.4, 0.5) is 26.3 Å². The van der Waals surface area contributed by atoms with E-state index in [2.05, 4.69) is 5.32 Å². The molecule has 5 aliphatic rings. The number of likely N-dealkylation sites (tertiary alicyclic amines) is 1. The van der Waals surface area contributed by atoms with Gasteiger partial charge in [-0.3, -0.25) is 28.8 Å². The SMILES string of the molecule is CCOC(=O)[C@@]1(N)C[C@H]1/C=C\CCCCC[C@H](NC(=O)C(F)(F)F)C(=O)N1C[C@H](O)C[C@H]1C(=O)O.CCOC(=O)[C@@]12C[C@H]1/C=C\CCCCC[C@H](NC(=O)C(F)(F)F)C(=O)N1C[C@H](O)C[C@H]1C(=O)N2. The number of rotatable bonds is 15. The highest BCUT2D eigenvalue weighted by atomic mass is 19.4. The van der Waals surface area contributed by atoms with Gasteiger partial charge in [-0.15, -0.1) is 0 Å². The normalized spacial score (nSPS) is 30.2. The highest BCUT2D eigenvalue weighted by molar-refractivity contribution is 5.97. The van der Waals surface area contributed by atoms with Gasteiger partial charge < -0.3 is 56.3 Å². The van der Waals surface area contributed by atoms with E-state index < -0.39 is 107 Å². The minimum Gasteiger partial charge on any atom is -0.480 e. The predicted molar refractivity (Wildman–Crippen MR) is 228 cm³/mol. The number of esters is 2. The second kappa shape index (κ2) is 24.0. The first-order valence-corrected chi connectivity index (χ1v) is 23.0. The number of carboxylic acids is 1. The fourth-order valence-electron chi connectivity index (χ4n) is 8.65. The molecule has 3 aliphatic heterocycles. The number of unbranched alkanes of at least 4 members (excludes halogenated alkanes) is 3. The number of nitrogens with zero attached hydrogens (tertiary/aromatic N) is 2. The zero-order valence-corrected chi connectivity index (χ0v) is 38.3. The first kappa shape index (κ1) is 56.3. The Balaban J connectivity index is 0.000000301. The average molecular weight is 997 g/mol. The number of aliphatic carboxylic acids is 1. The molecule has 0 unspecified atom stereocenters. The molecule has 5 rings (SSSR count). The van der Waals surface area contributed by atoms with Gasteiger partial charge in [0.1, 0.15) is 35.2 Å². The van der Waals surface area contributed by atoms with Gasteiger partial charge in [0, 0.05) is 37.8 Å². The average Bonchev–Trinajstić information content (AvgIpc) is 4.02. The Morgan fingerprint density at radius 1 is 0.899 bits per heavy atom. The highest BCUT2D eigenvalue weighted by Crippen LogP contribution is 2.46. The molecule has 5 amide bonds. The molecule has 19 nitrogen and oxygen atoms in total. The summed E-state index contributed by atoms with van der Waals surface area (Å²) in [6.45, 7) is 3.08. The Labute approximate surface area is 393 Å². The number of ether oxygens (including phenoxy) is 2. The molecule has 0 spiro atoms. The zero-order valence-electron chi connectivity index (χ0n) is 38.3. The molecule has 8 N–H and O–H groups in total. The molecule has 10 atom stereocenters. The molecule has 3 heterocycles. The topological polar surface area (TPSA) is 284 Å². The summed E-state index contributed by atoms with van der Waals surface area (Å²) in [5.41, 5.74) is 3.70. The summed E-state index contributed by atoms with van der Waals surface area (Å²) >= 11 is 0. The molecule has 25 heteroatoms. The number of alkyl halides is 6. The molecule has 0 aromatic heterocycles.